The van der Waals surface area contributed by atoms with Crippen molar-refractivity contribution in [3.8, 4) is 0 Å². The summed E-state index contributed by atoms with van der Waals surface area (Å²) in [7, 11) is -6.32. The van der Waals surface area contributed by atoms with Gasteiger partial charge in [0.2, 0.25) is 0 Å². The zero-order chi connectivity index (χ0) is 26.3. The summed E-state index contributed by atoms with van der Waals surface area (Å²) in [5.74, 6) is -0.719. The van der Waals surface area contributed by atoms with E-state index in [9.17, 15) is 22.3 Å². The summed E-state index contributed by atoms with van der Waals surface area (Å²) < 4.78 is 53.1. The number of unbranched alkanes of at least 4 members (excludes halogenated alkanes) is 1. The van der Waals surface area contributed by atoms with Gasteiger partial charge in [-0.2, -0.15) is 8.42 Å². The van der Waals surface area contributed by atoms with Gasteiger partial charge in [0.15, 0.2) is 6.79 Å². The standard InChI is InChI=1S/C26H37O7PS/c1-21(2)12-10-14-23(4)16-11-15-22(3)13-8-9-19-26(34-28,35(29,30)31)33-20-32-25(27)24-17-6-5-7-18-24/h5-7,12-13,16-18H,8-11,14-15,19-20H2,1-4H3,(H,29,30,31)/p+1. The highest BCUT2D eigenvalue weighted by atomic mass is 32.2. The van der Waals surface area contributed by atoms with E-state index in [1.807, 2.05) is 13.0 Å². The number of ether oxygens (including phenoxy) is 2. The predicted octanol–water partition coefficient (Wildman–Crippen LogP) is 6.97. The van der Waals surface area contributed by atoms with Crippen LogP contribution >= 0.6 is 8.46 Å². The molecule has 1 aromatic rings. The largest absolute Gasteiger partial charge is 0.435 e. The van der Waals surface area contributed by atoms with Crippen molar-refractivity contribution in [3.63, 3.8) is 0 Å². The van der Waals surface area contributed by atoms with Crippen molar-refractivity contribution in [1.82, 2.24) is 0 Å². The molecule has 0 fully saturated rings. The van der Waals surface area contributed by atoms with Gasteiger partial charge in [0.1, 0.15) is 0 Å². The van der Waals surface area contributed by atoms with E-state index < -0.39 is 36.0 Å². The Morgan fingerprint density at radius 3 is 2.09 bits per heavy atom. The van der Waals surface area contributed by atoms with Crippen LogP contribution in [0.1, 0.15) is 83.0 Å². The van der Waals surface area contributed by atoms with E-state index in [0.29, 0.717) is 12.8 Å². The van der Waals surface area contributed by atoms with Gasteiger partial charge in [-0.25, -0.2) is 4.79 Å². The first kappa shape index (κ1) is 30.9. The highest BCUT2D eigenvalue weighted by molar-refractivity contribution is 7.91. The van der Waals surface area contributed by atoms with Crippen molar-refractivity contribution < 1.29 is 31.8 Å². The summed E-state index contributed by atoms with van der Waals surface area (Å²) in [6.07, 6.45) is 11.0. The number of hydrogen-bond acceptors (Lipinski definition) is 6. The molecule has 0 saturated carbocycles. The minimum atomic E-state index is -4.82. The smallest absolute Gasteiger partial charge is 0.390 e. The Morgan fingerprint density at radius 1 is 0.971 bits per heavy atom. The third-order valence-corrected chi connectivity index (χ3v) is 8.27. The van der Waals surface area contributed by atoms with Crippen LogP contribution in [0.2, 0.25) is 0 Å². The third-order valence-electron chi connectivity index (χ3n) is 5.39. The molecule has 9 heteroatoms. The number of rotatable bonds is 16. The molecule has 0 radical (unpaired) electrons. The summed E-state index contributed by atoms with van der Waals surface area (Å²) in [5, 5.41) is 0. The summed E-state index contributed by atoms with van der Waals surface area (Å²) in [5.41, 5.74) is 4.11. The first-order chi connectivity index (χ1) is 16.5. The maximum atomic E-state index is 12.0. The average molecular weight is 526 g/mol. The molecule has 0 amide bonds. The molecule has 35 heavy (non-hydrogen) atoms. The lowest BCUT2D eigenvalue weighted by molar-refractivity contribution is -0.0590. The first-order valence-corrected chi connectivity index (χ1v) is 14.0. The predicted molar refractivity (Wildman–Crippen MR) is 140 cm³/mol. The summed E-state index contributed by atoms with van der Waals surface area (Å²) in [6, 6.07) is 8.10. The van der Waals surface area contributed by atoms with Crippen LogP contribution in [0.3, 0.4) is 0 Å². The summed E-state index contributed by atoms with van der Waals surface area (Å²) >= 11 is 0. The van der Waals surface area contributed by atoms with Crippen molar-refractivity contribution in [2.75, 3.05) is 6.79 Å². The van der Waals surface area contributed by atoms with Crippen LogP contribution in [0.5, 0.6) is 0 Å². The van der Waals surface area contributed by atoms with Crippen molar-refractivity contribution in [2.45, 2.75) is 77.3 Å². The van der Waals surface area contributed by atoms with Crippen molar-refractivity contribution >= 4 is 24.5 Å². The SMILES string of the molecule is CC(C)=CCCC(C)=CCCC(C)=CCCCC(OCOC(=O)c1ccccc1)([PH+]=O)S(=O)(=O)O. The quantitative estimate of drug-likeness (QED) is 0.0620. The van der Waals surface area contributed by atoms with Gasteiger partial charge in [0.25, 0.3) is 0 Å². The molecule has 0 bridgehead atoms. The number of esters is 1. The normalized spacial score (nSPS) is 14.4. The van der Waals surface area contributed by atoms with Gasteiger partial charge in [-0.05, 0) is 78.4 Å². The van der Waals surface area contributed by atoms with Gasteiger partial charge in [0, 0.05) is 6.42 Å². The number of hydrogen-bond donors (Lipinski definition) is 1. The van der Waals surface area contributed by atoms with E-state index in [-0.39, 0.29) is 12.0 Å². The highest BCUT2D eigenvalue weighted by Gasteiger charge is 2.53. The van der Waals surface area contributed by atoms with E-state index in [2.05, 4.69) is 32.9 Å². The number of carbonyl (C=O) groups excluding carboxylic acids is 1. The van der Waals surface area contributed by atoms with Crippen LogP contribution in [-0.4, -0.2) is 30.4 Å². The van der Waals surface area contributed by atoms with Gasteiger partial charge in [-0.1, -0.05) is 57.7 Å². The molecule has 0 spiro atoms. The molecule has 2 unspecified atom stereocenters. The highest BCUT2D eigenvalue weighted by Crippen LogP contribution is 2.36. The van der Waals surface area contributed by atoms with Crippen molar-refractivity contribution in [3.05, 3.63) is 70.8 Å². The molecule has 0 aliphatic heterocycles. The van der Waals surface area contributed by atoms with Crippen molar-refractivity contribution in [2.24, 2.45) is 0 Å². The fraction of sp³-hybridized carbons (Fsp3) is 0.500. The van der Waals surface area contributed by atoms with Gasteiger partial charge in [-0.15, -0.1) is 0 Å². The molecule has 0 aliphatic carbocycles. The molecule has 1 N–H and O–H groups in total. The van der Waals surface area contributed by atoms with Gasteiger partial charge in [-0.3, -0.25) is 9.29 Å². The van der Waals surface area contributed by atoms with E-state index in [0.717, 1.165) is 31.3 Å². The lowest BCUT2D eigenvalue weighted by Crippen LogP contribution is -2.36. The molecule has 0 saturated heterocycles. The Kier molecular flexibility index (Phi) is 13.9. The van der Waals surface area contributed by atoms with Gasteiger partial charge >= 0.3 is 29.2 Å². The lowest BCUT2D eigenvalue weighted by atomic mass is 10.1. The van der Waals surface area contributed by atoms with Gasteiger partial charge < -0.3 is 4.74 Å². The average Bonchev–Trinajstić information content (AvgIpc) is 2.80. The van der Waals surface area contributed by atoms with E-state index in [1.54, 1.807) is 18.2 Å². The van der Waals surface area contributed by atoms with Crippen LogP contribution in [0.25, 0.3) is 0 Å². The molecule has 2 atom stereocenters. The third kappa shape index (κ3) is 11.9. The van der Waals surface area contributed by atoms with E-state index in [1.165, 1.54) is 23.3 Å². The van der Waals surface area contributed by atoms with Crippen LogP contribution in [0.4, 0.5) is 0 Å². The Morgan fingerprint density at radius 2 is 1.54 bits per heavy atom. The fourth-order valence-corrected chi connectivity index (χ4v) is 4.68. The van der Waals surface area contributed by atoms with Crippen LogP contribution in [0, 0.1) is 0 Å². The molecule has 1 aromatic carbocycles. The molecule has 0 aliphatic rings. The van der Waals surface area contributed by atoms with Gasteiger partial charge in [0.05, 0.1) is 5.56 Å². The molecular formula is C26H38O7PS+. The minimum Gasteiger partial charge on any atom is -0.435 e. The fourth-order valence-electron chi connectivity index (χ4n) is 3.27. The van der Waals surface area contributed by atoms with Crippen molar-refractivity contribution in [1.29, 1.82) is 0 Å². The number of carbonyl (C=O) groups is 1. The van der Waals surface area contributed by atoms with Crippen LogP contribution in [0.15, 0.2) is 65.3 Å². The van der Waals surface area contributed by atoms with Crippen LogP contribution < -0.4 is 0 Å². The molecule has 0 heterocycles. The second-order valence-corrected chi connectivity index (χ2v) is 11.7. The Bertz CT molecular complexity index is 1010. The maximum absolute atomic E-state index is 12.0. The molecule has 1 rings (SSSR count). The lowest BCUT2D eigenvalue weighted by Gasteiger charge is -2.18. The van der Waals surface area contributed by atoms with Crippen LogP contribution in [-0.2, 0) is 24.2 Å². The molecule has 7 nitrogen and oxygen atoms in total. The Balaban J connectivity index is 2.56. The second kappa shape index (κ2) is 15.8. The maximum Gasteiger partial charge on any atom is 0.390 e. The second-order valence-electron chi connectivity index (χ2n) is 8.74. The minimum absolute atomic E-state index is 0.205. The zero-order valence-corrected chi connectivity index (χ0v) is 22.9. The summed E-state index contributed by atoms with van der Waals surface area (Å²) in [4.78, 5) is 12.0. The number of benzene rings is 1. The first-order valence-electron chi connectivity index (χ1n) is 11.7. The molecule has 194 valence electrons. The summed E-state index contributed by atoms with van der Waals surface area (Å²) in [6.45, 7) is 7.58. The monoisotopic (exact) mass is 525 g/mol. The molecule has 0 aromatic heterocycles. The van der Waals surface area contributed by atoms with E-state index >= 15 is 0 Å². The number of allylic oxidation sites excluding steroid dienone is 6. The molecular weight excluding hydrogens is 487 g/mol. The zero-order valence-electron chi connectivity index (χ0n) is 21.1. The Hall–Kier alpha value is -2.12. The van der Waals surface area contributed by atoms with E-state index in [4.69, 9.17) is 9.47 Å². The Labute approximate surface area is 211 Å². The topological polar surface area (TPSA) is 107 Å².